The normalized spacial score (nSPS) is 11.9. The minimum atomic E-state index is -4.10. The largest absolute Gasteiger partial charge is 0.497 e. The van der Waals surface area contributed by atoms with Crippen LogP contribution in [0.4, 0.5) is 5.69 Å². The van der Waals surface area contributed by atoms with Gasteiger partial charge in [0.1, 0.15) is 18.3 Å². The van der Waals surface area contributed by atoms with Crippen LogP contribution in [0.1, 0.15) is 25.0 Å². The van der Waals surface area contributed by atoms with Crippen LogP contribution in [0.5, 0.6) is 5.75 Å². The molecule has 0 saturated heterocycles. The number of aryl methyl sites for hydroxylation is 1. The molecular weight excluding hydrogens is 570 g/mol. The first kappa shape index (κ1) is 29.2. The van der Waals surface area contributed by atoms with Crippen molar-refractivity contribution >= 4 is 43.5 Å². The van der Waals surface area contributed by atoms with Crippen LogP contribution in [0.2, 0.25) is 0 Å². The summed E-state index contributed by atoms with van der Waals surface area (Å²) in [6.45, 7) is 5.32. The number of methoxy groups -OCH3 is 1. The number of ether oxygens (including phenoxy) is 1. The van der Waals surface area contributed by atoms with E-state index < -0.39 is 28.5 Å². The van der Waals surface area contributed by atoms with Crippen LogP contribution in [0, 0.1) is 6.92 Å². The maximum atomic E-state index is 13.8. The average Bonchev–Trinajstić information content (AvgIpc) is 2.91. The van der Waals surface area contributed by atoms with E-state index in [-0.39, 0.29) is 17.3 Å². The van der Waals surface area contributed by atoms with Crippen LogP contribution in [0.3, 0.4) is 0 Å². The van der Waals surface area contributed by atoms with E-state index in [1.54, 1.807) is 81.6 Å². The summed E-state index contributed by atoms with van der Waals surface area (Å²) >= 11 is 3.37. The summed E-state index contributed by atoms with van der Waals surface area (Å²) in [5.41, 5.74) is 2.01. The highest BCUT2D eigenvalue weighted by Crippen LogP contribution is 2.26. The average molecular weight is 603 g/mol. The summed E-state index contributed by atoms with van der Waals surface area (Å²) < 4.78 is 34.6. The van der Waals surface area contributed by atoms with Gasteiger partial charge in [-0.3, -0.25) is 13.9 Å². The highest BCUT2D eigenvalue weighted by atomic mass is 79.9. The molecule has 1 N–H and O–H groups in total. The molecule has 1 unspecified atom stereocenters. The molecule has 2 amide bonds. The van der Waals surface area contributed by atoms with Gasteiger partial charge in [0.15, 0.2) is 0 Å². The number of likely N-dealkylation sites (N-methyl/N-ethyl adjacent to an activating group) is 1. The summed E-state index contributed by atoms with van der Waals surface area (Å²) in [6, 6.07) is 19.5. The Labute approximate surface area is 232 Å². The second-order valence-electron chi connectivity index (χ2n) is 8.74. The molecule has 0 heterocycles. The first-order valence-electron chi connectivity index (χ1n) is 12.1. The van der Waals surface area contributed by atoms with Gasteiger partial charge in [0.25, 0.3) is 10.0 Å². The minimum Gasteiger partial charge on any atom is -0.497 e. The number of sulfonamides is 1. The van der Waals surface area contributed by atoms with Crippen molar-refractivity contribution in [2.75, 3.05) is 24.5 Å². The molecule has 0 bridgehead atoms. The highest BCUT2D eigenvalue weighted by molar-refractivity contribution is 9.10. The van der Waals surface area contributed by atoms with Crippen LogP contribution in [-0.4, -0.2) is 51.4 Å². The maximum Gasteiger partial charge on any atom is 0.264 e. The number of benzene rings is 3. The maximum absolute atomic E-state index is 13.8. The molecule has 0 aromatic heterocycles. The van der Waals surface area contributed by atoms with Crippen molar-refractivity contribution in [3.8, 4) is 5.75 Å². The smallest absolute Gasteiger partial charge is 0.264 e. The van der Waals surface area contributed by atoms with Crippen molar-refractivity contribution in [3.05, 3.63) is 88.4 Å². The Morgan fingerprint density at radius 3 is 2.13 bits per heavy atom. The number of carbonyl (C=O) groups is 2. The zero-order valence-corrected chi connectivity index (χ0v) is 24.3. The third-order valence-electron chi connectivity index (χ3n) is 6.03. The molecule has 0 aliphatic carbocycles. The van der Waals surface area contributed by atoms with Gasteiger partial charge in [-0.1, -0.05) is 45.8 Å². The Morgan fingerprint density at radius 2 is 1.58 bits per heavy atom. The zero-order valence-electron chi connectivity index (χ0n) is 21.8. The summed E-state index contributed by atoms with van der Waals surface area (Å²) in [6.07, 6.45) is 0. The molecule has 8 nitrogen and oxygen atoms in total. The van der Waals surface area contributed by atoms with E-state index in [1.807, 2.05) is 6.92 Å². The molecule has 38 heavy (non-hydrogen) atoms. The summed E-state index contributed by atoms with van der Waals surface area (Å²) in [7, 11) is -2.53. The number of anilines is 1. The molecule has 0 aliphatic heterocycles. The highest BCUT2D eigenvalue weighted by Gasteiger charge is 2.32. The van der Waals surface area contributed by atoms with E-state index in [9.17, 15) is 18.0 Å². The number of carbonyl (C=O) groups excluding carboxylic acids is 2. The first-order chi connectivity index (χ1) is 18.1. The minimum absolute atomic E-state index is 0.0669. The molecular formula is C28H32BrN3O5S. The predicted molar refractivity (Wildman–Crippen MR) is 152 cm³/mol. The molecule has 0 fully saturated rings. The molecule has 3 aromatic carbocycles. The van der Waals surface area contributed by atoms with Crippen LogP contribution >= 0.6 is 15.9 Å². The molecule has 1 atom stereocenters. The number of hydrogen-bond donors (Lipinski definition) is 1. The van der Waals surface area contributed by atoms with Crippen LogP contribution in [0.15, 0.2) is 82.2 Å². The fraction of sp³-hybridized carbons (Fsp3) is 0.286. The lowest BCUT2D eigenvalue weighted by Crippen LogP contribution is -2.51. The Bertz CT molecular complexity index is 1340. The van der Waals surface area contributed by atoms with E-state index in [2.05, 4.69) is 21.2 Å². The third kappa shape index (κ3) is 7.14. The molecule has 10 heteroatoms. The lowest BCUT2D eigenvalue weighted by atomic mass is 10.1. The number of amides is 2. The second kappa shape index (κ2) is 12.9. The van der Waals surface area contributed by atoms with E-state index in [4.69, 9.17) is 4.74 Å². The summed E-state index contributed by atoms with van der Waals surface area (Å²) in [5, 5.41) is 2.75. The van der Waals surface area contributed by atoms with Gasteiger partial charge < -0.3 is 15.0 Å². The molecule has 0 saturated carbocycles. The van der Waals surface area contributed by atoms with Gasteiger partial charge in [-0.05, 0) is 74.9 Å². The standard InChI is InChI=1S/C28H32BrN3O5S/c1-5-30-28(34)21(3)31(18-22-8-14-25(37-4)15-9-22)27(33)19-32(24-12-10-23(29)11-13-24)38(35,36)26-16-6-20(2)7-17-26/h6-17,21H,5,18-19H2,1-4H3,(H,30,34). The fourth-order valence-corrected chi connectivity index (χ4v) is 5.48. The number of nitrogens with zero attached hydrogens (tertiary/aromatic N) is 2. The zero-order chi connectivity index (χ0) is 27.9. The monoisotopic (exact) mass is 601 g/mol. The molecule has 3 aromatic rings. The van der Waals surface area contributed by atoms with Gasteiger partial charge in [-0.15, -0.1) is 0 Å². The van der Waals surface area contributed by atoms with E-state index in [0.717, 1.165) is 19.9 Å². The molecule has 0 spiro atoms. The number of halogens is 1. The number of hydrogen-bond acceptors (Lipinski definition) is 5. The van der Waals surface area contributed by atoms with Gasteiger partial charge >= 0.3 is 0 Å². The van der Waals surface area contributed by atoms with Crippen molar-refractivity contribution in [1.29, 1.82) is 0 Å². The summed E-state index contributed by atoms with van der Waals surface area (Å²) in [4.78, 5) is 28.0. The molecule has 0 aliphatic rings. The van der Waals surface area contributed by atoms with E-state index in [1.165, 1.54) is 17.0 Å². The van der Waals surface area contributed by atoms with Crippen molar-refractivity contribution in [2.45, 2.75) is 38.3 Å². The van der Waals surface area contributed by atoms with E-state index in [0.29, 0.717) is 18.0 Å². The SMILES string of the molecule is CCNC(=O)C(C)N(Cc1ccc(OC)cc1)C(=O)CN(c1ccc(Br)cc1)S(=O)(=O)c1ccc(C)cc1. The number of rotatable bonds is 11. The van der Waals surface area contributed by atoms with Gasteiger partial charge in [0.2, 0.25) is 11.8 Å². The van der Waals surface area contributed by atoms with Crippen molar-refractivity contribution in [3.63, 3.8) is 0 Å². The quantitative estimate of drug-likeness (QED) is 0.349. The summed E-state index contributed by atoms with van der Waals surface area (Å²) in [5.74, 6) is -0.182. The second-order valence-corrected chi connectivity index (χ2v) is 11.5. The fourth-order valence-electron chi connectivity index (χ4n) is 3.81. The topological polar surface area (TPSA) is 96.0 Å². The lowest BCUT2D eigenvalue weighted by molar-refractivity contribution is -0.139. The van der Waals surface area contributed by atoms with Gasteiger partial charge in [-0.2, -0.15) is 0 Å². The van der Waals surface area contributed by atoms with Gasteiger partial charge in [-0.25, -0.2) is 8.42 Å². The first-order valence-corrected chi connectivity index (χ1v) is 14.3. The van der Waals surface area contributed by atoms with Crippen molar-refractivity contribution < 1.29 is 22.7 Å². The third-order valence-corrected chi connectivity index (χ3v) is 8.35. The van der Waals surface area contributed by atoms with Crippen molar-refractivity contribution in [1.82, 2.24) is 10.2 Å². The van der Waals surface area contributed by atoms with Crippen LogP contribution < -0.4 is 14.4 Å². The molecule has 0 radical (unpaired) electrons. The Hall–Kier alpha value is -3.37. The molecule has 202 valence electrons. The molecule has 3 rings (SSSR count). The lowest BCUT2D eigenvalue weighted by Gasteiger charge is -2.32. The van der Waals surface area contributed by atoms with Crippen LogP contribution in [-0.2, 0) is 26.2 Å². The van der Waals surface area contributed by atoms with Crippen LogP contribution in [0.25, 0.3) is 0 Å². The number of nitrogens with one attached hydrogen (secondary N) is 1. The Balaban J connectivity index is 2.01. The Morgan fingerprint density at radius 1 is 0.974 bits per heavy atom. The van der Waals surface area contributed by atoms with E-state index >= 15 is 0 Å². The van der Waals surface area contributed by atoms with Crippen molar-refractivity contribution in [2.24, 2.45) is 0 Å². The van der Waals surface area contributed by atoms with Gasteiger partial charge in [0, 0.05) is 17.6 Å². The van der Waals surface area contributed by atoms with Gasteiger partial charge in [0.05, 0.1) is 17.7 Å². The predicted octanol–water partition coefficient (Wildman–Crippen LogP) is 4.51. The Kier molecular flexibility index (Phi) is 9.93.